The zero-order valence-electron chi connectivity index (χ0n) is 17.4. The van der Waals surface area contributed by atoms with Crippen LogP contribution in [0.5, 0.6) is 5.75 Å². The minimum atomic E-state index is -4.83. The van der Waals surface area contributed by atoms with E-state index in [1.54, 1.807) is 24.3 Å². The van der Waals surface area contributed by atoms with E-state index < -0.39 is 30.0 Å². The maximum absolute atomic E-state index is 12.7. The molecule has 3 rings (SSSR count). The van der Waals surface area contributed by atoms with Crippen LogP contribution in [-0.2, 0) is 14.4 Å². The molecule has 1 atom stereocenters. The monoisotopic (exact) mass is 449 g/mol. The molecule has 10 heteroatoms. The van der Waals surface area contributed by atoms with Crippen LogP contribution in [0, 0.1) is 5.92 Å². The highest BCUT2D eigenvalue weighted by molar-refractivity contribution is 6.23. The fourth-order valence-electron chi connectivity index (χ4n) is 3.25. The van der Waals surface area contributed by atoms with Crippen LogP contribution in [0.4, 0.5) is 30.2 Å². The molecule has 1 aliphatic heterocycles. The molecule has 1 aliphatic rings. The Kier molecular flexibility index (Phi) is 6.71. The lowest BCUT2D eigenvalue weighted by Crippen LogP contribution is -2.34. The van der Waals surface area contributed by atoms with Gasteiger partial charge in [-0.15, -0.1) is 13.2 Å². The summed E-state index contributed by atoms with van der Waals surface area (Å²) in [5.74, 6) is -1.31. The van der Waals surface area contributed by atoms with Crippen molar-refractivity contribution in [2.24, 2.45) is 5.92 Å². The molecule has 3 amide bonds. The number of carbonyl (C=O) groups excluding carboxylic acids is 3. The van der Waals surface area contributed by atoms with Crippen molar-refractivity contribution in [2.45, 2.75) is 39.1 Å². The smallest absolute Gasteiger partial charge is 0.406 e. The third-order valence-electron chi connectivity index (χ3n) is 4.58. The van der Waals surface area contributed by atoms with Gasteiger partial charge in [0.1, 0.15) is 11.8 Å². The number of rotatable bonds is 7. The van der Waals surface area contributed by atoms with Gasteiger partial charge < -0.3 is 15.4 Å². The maximum Gasteiger partial charge on any atom is 0.573 e. The molecule has 170 valence electrons. The summed E-state index contributed by atoms with van der Waals surface area (Å²) in [4.78, 5) is 37.9. The van der Waals surface area contributed by atoms with Gasteiger partial charge in [0.25, 0.3) is 5.91 Å². The number of nitrogens with one attached hydrogen (secondary N) is 2. The van der Waals surface area contributed by atoms with E-state index in [-0.39, 0.29) is 23.9 Å². The molecule has 7 nitrogen and oxygen atoms in total. The summed E-state index contributed by atoms with van der Waals surface area (Å²) in [5.41, 5.74) is 1.34. The van der Waals surface area contributed by atoms with Gasteiger partial charge >= 0.3 is 6.36 Å². The standard InChI is InChI=1S/C22H22F3N3O4/c1-13(2)11-19(29)27-15-5-3-14(4-6-15)26-18-12-20(30)28(21(18)31)16-7-9-17(10-8-16)32-22(23,24)25/h3-10,13,18,26H,11-12H2,1-2H3,(H,27,29). The fourth-order valence-corrected chi connectivity index (χ4v) is 3.25. The third kappa shape index (κ3) is 5.99. The summed E-state index contributed by atoms with van der Waals surface area (Å²) in [7, 11) is 0. The number of benzene rings is 2. The lowest BCUT2D eigenvalue weighted by molar-refractivity contribution is -0.274. The van der Waals surface area contributed by atoms with Crippen molar-refractivity contribution in [3.63, 3.8) is 0 Å². The van der Waals surface area contributed by atoms with Crippen LogP contribution in [0.25, 0.3) is 0 Å². The van der Waals surface area contributed by atoms with Crippen molar-refractivity contribution in [3.05, 3.63) is 48.5 Å². The second-order valence-electron chi connectivity index (χ2n) is 7.73. The summed E-state index contributed by atoms with van der Waals surface area (Å²) >= 11 is 0. The SMILES string of the molecule is CC(C)CC(=O)Nc1ccc(NC2CC(=O)N(c3ccc(OC(F)(F)F)cc3)C2=O)cc1. The van der Waals surface area contributed by atoms with Crippen molar-refractivity contribution in [1.29, 1.82) is 0 Å². The first-order valence-corrected chi connectivity index (χ1v) is 9.91. The van der Waals surface area contributed by atoms with Gasteiger partial charge in [-0.2, -0.15) is 0 Å². The van der Waals surface area contributed by atoms with Gasteiger partial charge in [-0.1, -0.05) is 13.8 Å². The average molecular weight is 449 g/mol. The van der Waals surface area contributed by atoms with Crippen molar-refractivity contribution in [1.82, 2.24) is 0 Å². The van der Waals surface area contributed by atoms with Gasteiger partial charge in [0.05, 0.1) is 12.1 Å². The first-order chi connectivity index (χ1) is 15.0. The molecule has 0 saturated carbocycles. The Hall–Kier alpha value is -3.56. The Morgan fingerprint density at radius 3 is 2.22 bits per heavy atom. The highest BCUT2D eigenvalue weighted by Crippen LogP contribution is 2.29. The number of nitrogens with zero attached hydrogens (tertiary/aromatic N) is 1. The molecular weight excluding hydrogens is 427 g/mol. The summed E-state index contributed by atoms with van der Waals surface area (Å²) in [6, 6.07) is 10.4. The number of imide groups is 1. The van der Waals surface area contributed by atoms with Crippen LogP contribution in [-0.4, -0.2) is 30.1 Å². The molecule has 0 bridgehead atoms. The van der Waals surface area contributed by atoms with Crippen LogP contribution >= 0.6 is 0 Å². The van der Waals surface area contributed by atoms with E-state index in [1.807, 2.05) is 13.8 Å². The molecule has 1 fully saturated rings. The Labute approximate surface area is 182 Å². The number of amides is 3. The molecule has 2 aromatic rings. The van der Waals surface area contributed by atoms with E-state index in [1.165, 1.54) is 12.1 Å². The average Bonchev–Trinajstić information content (AvgIpc) is 2.95. The Morgan fingerprint density at radius 1 is 1.06 bits per heavy atom. The lowest BCUT2D eigenvalue weighted by Gasteiger charge is -2.17. The van der Waals surface area contributed by atoms with E-state index in [9.17, 15) is 27.6 Å². The predicted octanol–water partition coefficient (Wildman–Crippen LogP) is 4.31. The van der Waals surface area contributed by atoms with Crippen LogP contribution in [0.15, 0.2) is 48.5 Å². The Morgan fingerprint density at radius 2 is 1.66 bits per heavy atom. The van der Waals surface area contributed by atoms with Gasteiger partial charge in [0.2, 0.25) is 11.8 Å². The van der Waals surface area contributed by atoms with Crippen LogP contribution in [0.2, 0.25) is 0 Å². The second kappa shape index (κ2) is 9.29. The van der Waals surface area contributed by atoms with Crippen molar-refractivity contribution < 1.29 is 32.3 Å². The molecule has 0 radical (unpaired) electrons. The Bertz CT molecular complexity index is 989. The lowest BCUT2D eigenvalue weighted by atomic mass is 10.1. The van der Waals surface area contributed by atoms with Gasteiger partial charge in [0.15, 0.2) is 0 Å². The molecule has 0 aliphatic carbocycles. The molecule has 1 saturated heterocycles. The predicted molar refractivity (Wildman–Crippen MR) is 112 cm³/mol. The highest BCUT2D eigenvalue weighted by Gasteiger charge is 2.39. The van der Waals surface area contributed by atoms with Crippen LogP contribution in [0.1, 0.15) is 26.7 Å². The topological polar surface area (TPSA) is 87.7 Å². The van der Waals surface area contributed by atoms with Gasteiger partial charge in [0, 0.05) is 17.8 Å². The molecular formula is C22H22F3N3O4. The molecule has 2 aromatic carbocycles. The third-order valence-corrected chi connectivity index (χ3v) is 4.58. The summed E-state index contributed by atoms with van der Waals surface area (Å²) in [6.45, 7) is 3.89. The van der Waals surface area contributed by atoms with Crippen molar-refractivity contribution in [3.8, 4) is 5.75 Å². The zero-order valence-corrected chi connectivity index (χ0v) is 17.4. The van der Waals surface area contributed by atoms with Gasteiger partial charge in [-0.3, -0.25) is 14.4 Å². The van der Waals surface area contributed by atoms with E-state index in [2.05, 4.69) is 15.4 Å². The van der Waals surface area contributed by atoms with Crippen molar-refractivity contribution in [2.75, 3.05) is 15.5 Å². The normalized spacial score (nSPS) is 16.4. The maximum atomic E-state index is 12.7. The van der Waals surface area contributed by atoms with Gasteiger partial charge in [-0.05, 0) is 54.4 Å². The number of alkyl halides is 3. The van der Waals surface area contributed by atoms with Crippen LogP contribution < -0.4 is 20.3 Å². The second-order valence-corrected chi connectivity index (χ2v) is 7.73. The van der Waals surface area contributed by atoms with E-state index in [0.29, 0.717) is 17.8 Å². The van der Waals surface area contributed by atoms with E-state index in [0.717, 1.165) is 17.0 Å². The molecule has 0 spiro atoms. The first kappa shape index (κ1) is 23.1. The number of halogens is 3. The summed E-state index contributed by atoms with van der Waals surface area (Å²) in [6.07, 6.45) is -4.53. The number of anilines is 3. The van der Waals surface area contributed by atoms with E-state index >= 15 is 0 Å². The minimum absolute atomic E-state index is 0.0976. The van der Waals surface area contributed by atoms with Gasteiger partial charge in [-0.25, -0.2) is 4.90 Å². The largest absolute Gasteiger partial charge is 0.573 e. The molecule has 0 aromatic heterocycles. The fraction of sp³-hybridized carbons (Fsp3) is 0.318. The number of hydrogen-bond acceptors (Lipinski definition) is 5. The van der Waals surface area contributed by atoms with E-state index in [4.69, 9.17) is 0 Å². The molecule has 2 N–H and O–H groups in total. The Balaban J connectivity index is 1.63. The minimum Gasteiger partial charge on any atom is -0.406 e. The zero-order chi connectivity index (χ0) is 23.5. The van der Waals surface area contributed by atoms with Crippen molar-refractivity contribution >= 4 is 34.8 Å². The molecule has 32 heavy (non-hydrogen) atoms. The molecule has 1 unspecified atom stereocenters. The quantitative estimate of drug-likeness (QED) is 0.615. The summed E-state index contributed by atoms with van der Waals surface area (Å²) in [5, 5.41) is 5.76. The summed E-state index contributed by atoms with van der Waals surface area (Å²) < 4.78 is 40.7. The number of carbonyl (C=O) groups is 3. The van der Waals surface area contributed by atoms with Crippen LogP contribution in [0.3, 0.4) is 0 Å². The number of hydrogen-bond donors (Lipinski definition) is 2. The number of ether oxygens (including phenoxy) is 1. The first-order valence-electron chi connectivity index (χ1n) is 9.91. The molecule has 1 heterocycles. The highest BCUT2D eigenvalue weighted by atomic mass is 19.4.